The normalized spacial score (nSPS) is 19.4. The van der Waals surface area contributed by atoms with Gasteiger partial charge in [0, 0.05) is 12.1 Å². The predicted molar refractivity (Wildman–Crippen MR) is 92.9 cm³/mol. The molecule has 8 heteroatoms. The number of nitrogens with zero attached hydrogens (tertiary/aromatic N) is 2. The summed E-state index contributed by atoms with van der Waals surface area (Å²) in [5, 5.41) is 12.9. The molecule has 1 atom stereocenters. The molecule has 1 aromatic carbocycles. The van der Waals surface area contributed by atoms with Crippen LogP contribution in [0.3, 0.4) is 0 Å². The summed E-state index contributed by atoms with van der Waals surface area (Å²) in [6.07, 6.45) is 3.03. The third-order valence-corrected chi connectivity index (χ3v) is 4.15. The Morgan fingerprint density at radius 1 is 1.29 bits per heavy atom. The zero-order valence-electron chi connectivity index (χ0n) is 12.5. The highest BCUT2D eigenvalue weighted by Crippen LogP contribution is 2.22. The molecule has 122 valence electrons. The van der Waals surface area contributed by atoms with Gasteiger partial charge < -0.3 is 15.1 Å². The van der Waals surface area contributed by atoms with Crippen molar-refractivity contribution in [2.45, 2.75) is 11.7 Å². The molecule has 0 bridgehead atoms. The Morgan fingerprint density at radius 2 is 2.12 bits per heavy atom. The maximum absolute atomic E-state index is 12.3. The zero-order chi connectivity index (χ0) is 16.8. The summed E-state index contributed by atoms with van der Waals surface area (Å²) in [4.78, 5) is 24.1. The van der Waals surface area contributed by atoms with E-state index in [0.29, 0.717) is 11.4 Å². The SMILES string of the molecule is O=C1C[C@H](C(=O)Nc2ccccc2)S/C(=N/N=C/c2ccco2)N1. The first kappa shape index (κ1) is 16.0. The van der Waals surface area contributed by atoms with Crippen molar-refractivity contribution in [1.82, 2.24) is 5.32 Å². The van der Waals surface area contributed by atoms with Gasteiger partial charge in [-0.25, -0.2) is 0 Å². The molecule has 1 aromatic heterocycles. The molecular weight excluding hydrogens is 328 g/mol. The number of hydrogen-bond donors (Lipinski definition) is 2. The second-order valence-electron chi connectivity index (χ2n) is 4.88. The fourth-order valence-electron chi connectivity index (χ4n) is 1.99. The average Bonchev–Trinajstić information content (AvgIpc) is 3.09. The number of carbonyl (C=O) groups excluding carboxylic acids is 2. The van der Waals surface area contributed by atoms with Crippen LogP contribution in [-0.4, -0.2) is 28.4 Å². The van der Waals surface area contributed by atoms with E-state index in [4.69, 9.17) is 4.42 Å². The molecule has 1 saturated heterocycles. The molecule has 2 amide bonds. The Hall–Kier alpha value is -2.87. The van der Waals surface area contributed by atoms with Crippen LogP contribution in [0.4, 0.5) is 5.69 Å². The maximum atomic E-state index is 12.3. The third kappa shape index (κ3) is 4.32. The third-order valence-electron chi connectivity index (χ3n) is 3.08. The van der Waals surface area contributed by atoms with E-state index in [1.807, 2.05) is 18.2 Å². The molecule has 2 heterocycles. The summed E-state index contributed by atoms with van der Waals surface area (Å²) in [6, 6.07) is 12.5. The lowest BCUT2D eigenvalue weighted by Gasteiger charge is -2.21. The number of amidine groups is 1. The van der Waals surface area contributed by atoms with Crippen molar-refractivity contribution < 1.29 is 14.0 Å². The molecule has 1 fully saturated rings. The number of furan rings is 1. The van der Waals surface area contributed by atoms with Crippen LogP contribution < -0.4 is 10.6 Å². The van der Waals surface area contributed by atoms with Gasteiger partial charge in [0.05, 0.1) is 12.5 Å². The highest BCUT2D eigenvalue weighted by Gasteiger charge is 2.30. The average molecular weight is 342 g/mol. The van der Waals surface area contributed by atoms with Crippen molar-refractivity contribution in [3.05, 3.63) is 54.5 Å². The first-order valence-electron chi connectivity index (χ1n) is 7.17. The number of nitrogens with one attached hydrogen (secondary N) is 2. The van der Waals surface area contributed by atoms with Crippen LogP contribution in [0.1, 0.15) is 12.2 Å². The van der Waals surface area contributed by atoms with E-state index in [1.54, 1.807) is 24.3 Å². The number of anilines is 1. The minimum absolute atomic E-state index is 0.0876. The molecule has 1 aliphatic heterocycles. The molecule has 24 heavy (non-hydrogen) atoms. The lowest BCUT2D eigenvalue weighted by molar-refractivity contribution is -0.123. The summed E-state index contributed by atoms with van der Waals surface area (Å²) in [5.74, 6) is 0.0301. The molecule has 3 rings (SSSR count). The van der Waals surface area contributed by atoms with E-state index in [2.05, 4.69) is 20.8 Å². The van der Waals surface area contributed by atoms with Gasteiger partial charge in [-0.1, -0.05) is 30.0 Å². The Morgan fingerprint density at radius 3 is 2.88 bits per heavy atom. The first-order chi connectivity index (χ1) is 11.7. The standard InChI is InChI=1S/C16H14N4O3S/c21-14-9-13(15(22)18-11-5-2-1-3-6-11)24-16(19-14)20-17-10-12-7-4-8-23-12/h1-8,10,13H,9H2,(H,18,22)(H,19,20,21)/b17-10+/t13-/m1/s1. The molecule has 7 nitrogen and oxygen atoms in total. The van der Waals surface area contributed by atoms with E-state index >= 15 is 0 Å². The largest absolute Gasteiger partial charge is 0.463 e. The van der Waals surface area contributed by atoms with Crippen LogP contribution in [0.15, 0.2) is 63.3 Å². The van der Waals surface area contributed by atoms with Crippen molar-refractivity contribution >= 4 is 40.6 Å². The summed E-state index contributed by atoms with van der Waals surface area (Å²) in [6.45, 7) is 0. The number of amides is 2. The van der Waals surface area contributed by atoms with E-state index in [0.717, 1.165) is 11.8 Å². The van der Waals surface area contributed by atoms with Crippen LogP contribution in [0, 0.1) is 0 Å². The van der Waals surface area contributed by atoms with Crippen LogP contribution in [-0.2, 0) is 9.59 Å². The number of benzene rings is 1. The number of hydrogen-bond acceptors (Lipinski definition) is 6. The van der Waals surface area contributed by atoms with Crippen molar-refractivity contribution in [1.29, 1.82) is 0 Å². The molecule has 2 aromatic rings. The minimum atomic E-state index is -0.559. The topological polar surface area (TPSA) is 96.1 Å². The lowest BCUT2D eigenvalue weighted by Crippen LogP contribution is -2.41. The number of thioether (sulfide) groups is 1. The molecule has 2 N–H and O–H groups in total. The molecule has 0 saturated carbocycles. The Labute approximate surface area is 142 Å². The Bertz CT molecular complexity index is 772. The molecule has 0 radical (unpaired) electrons. The van der Waals surface area contributed by atoms with Gasteiger partial charge in [0.25, 0.3) is 0 Å². The first-order valence-corrected chi connectivity index (χ1v) is 8.05. The van der Waals surface area contributed by atoms with Crippen molar-refractivity contribution in [3.8, 4) is 0 Å². The van der Waals surface area contributed by atoms with Crippen molar-refractivity contribution in [2.24, 2.45) is 10.2 Å². The number of carbonyl (C=O) groups is 2. The Kier molecular flexibility index (Phi) is 5.07. The quantitative estimate of drug-likeness (QED) is 0.658. The van der Waals surface area contributed by atoms with Gasteiger partial charge in [-0.3, -0.25) is 9.59 Å². The molecule has 1 aliphatic rings. The van der Waals surface area contributed by atoms with Crippen LogP contribution >= 0.6 is 11.8 Å². The maximum Gasteiger partial charge on any atom is 0.238 e. The van der Waals surface area contributed by atoms with Crippen LogP contribution in [0.5, 0.6) is 0 Å². The second-order valence-corrected chi connectivity index (χ2v) is 6.07. The molecular formula is C16H14N4O3S. The van der Waals surface area contributed by atoms with Crippen LogP contribution in [0.25, 0.3) is 0 Å². The summed E-state index contributed by atoms with van der Waals surface area (Å²) < 4.78 is 5.09. The molecule has 0 aliphatic carbocycles. The van der Waals surface area contributed by atoms with E-state index < -0.39 is 5.25 Å². The summed E-state index contributed by atoms with van der Waals surface area (Å²) in [7, 11) is 0. The van der Waals surface area contributed by atoms with E-state index in [-0.39, 0.29) is 23.4 Å². The highest BCUT2D eigenvalue weighted by molar-refractivity contribution is 8.15. The van der Waals surface area contributed by atoms with E-state index in [9.17, 15) is 9.59 Å². The van der Waals surface area contributed by atoms with Crippen molar-refractivity contribution in [3.63, 3.8) is 0 Å². The number of rotatable bonds is 4. The number of para-hydroxylation sites is 1. The monoisotopic (exact) mass is 342 g/mol. The smallest absolute Gasteiger partial charge is 0.238 e. The van der Waals surface area contributed by atoms with Crippen molar-refractivity contribution in [2.75, 3.05) is 5.32 Å². The second kappa shape index (κ2) is 7.60. The minimum Gasteiger partial charge on any atom is -0.463 e. The van der Waals surface area contributed by atoms with Gasteiger partial charge in [0.1, 0.15) is 11.0 Å². The Balaban J connectivity index is 1.64. The van der Waals surface area contributed by atoms with Gasteiger partial charge in [-0.05, 0) is 24.3 Å². The zero-order valence-corrected chi connectivity index (χ0v) is 13.3. The van der Waals surface area contributed by atoms with Crippen LogP contribution in [0.2, 0.25) is 0 Å². The fraction of sp³-hybridized carbons (Fsp3) is 0.125. The lowest BCUT2D eigenvalue weighted by atomic mass is 10.2. The fourth-order valence-corrected chi connectivity index (χ4v) is 2.92. The highest BCUT2D eigenvalue weighted by atomic mass is 32.2. The molecule has 0 unspecified atom stereocenters. The van der Waals surface area contributed by atoms with E-state index in [1.165, 1.54) is 12.5 Å². The summed E-state index contributed by atoms with van der Waals surface area (Å²) in [5.41, 5.74) is 0.684. The summed E-state index contributed by atoms with van der Waals surface area (Å²) >= 11 is 1.16. The van der Waals surface area contributed by atoms with Gasteiger partial charge in [-0.15, -0.1) is 5.10 Å². The van der Waals surface area contributed by atoms with Gasteiger partial charge in [-0.2, -0.15) is 5.10 Å². The van der Waals surface area contributed by atoms with Gasteiger partial charge in [0.15, 0.2) is 5.17 Å². The predicted octanol–water partition coefficient (Wildman–Crippen LogP) is 2.23. The molecule has 0 spiro atoms. The van der Waals surface area contributed by atoms with Gasteiger partial charge >= 0.3 is 0 Å². The van der Waals surface area contributed by atoms with Gasteiger partial charge in [0.2, 0.25) is 11.8 Å².